The highest BCUT2D eigenvalue weighted by Gasteiger charge is 2.22. The summed E-state index contributed by atoms with van der Waals surface area (Å²) in [4.78, 5) is 24.4. The van der Waals surface area contributed by atoms with Gasteiger partial charge >= 0.3 is 0 Å². The number of aryl methyl sites for hydroxylation is 1. The monoisotopic (exact) mass is 325 g/mol. The summed E-state index contributed by atoms with van der Waals surface area (Å²) in [5.41, 5.74) is 3.30. The molecule has 0 radical (unpaired) electrons. The van der Waals surface area contributed by atoms with E-state index in [2.05, 4.69) is 9.97 Å². The Labute approximate surface area is 140 Å². The number of pyridine rings is 1. The molecule has 0 aromatic carbocycles. The van der Waals surface area contributed by atoms with Crippen molar-refractivity contribution in [1.82, 2.24) is 19.1 Å². The molecule has 0 N–H and O–H groups in total. The molecule has 4 rings (SSSR count). The van der Waals surface area contributed by atoms with E-state index in [0.717, 1.165) is 35.1 Å². The second-order valence-corrected chi connectivity index (χ2v) is 6.93. The van der Waals surface area contributed by atoms with Crippen LogP contribution in [0.5, 0.6) is 0 Å². The van der Waals surface area contributed by atoms with Crippen LogP contribution in [0.25, 0.3) is 22.1 Å². The summed E-state index contributed by atoms with van der Waals surface area (Å²) in [6.07, 6.45) is 9.32. The van der Waals surface area contributed by atoms with Crippen LogP contribution >= 0.6 is 0 Å². The van der Waals surface area contributed by atoms with Crippen LogP contribution in [0.3, 0.4) is 0 Å². The molecule has 3 heterocycles. The molecule has 0 aliphatic heterocycles. The Hall–Kier alpha value is -2.37. The normalized spacial score (nSPS) is 16.1. The molecule has 1 fully saturated rings. The Morgan fingerprint density at radius 3 is 2.62 bits per heavy atom. The fourth-order valence-corrected chi connectivity index (χ4v) is 3.96. The molecule has 0 amide bonds. The number of hydrogen-bond acceptors (Lipinski definition) is 4. The lowest BCUT2D eigenvalue weighted by Gasteiger charge is -2.23. The fourth-order valence-electron chi connectivity index (χ4n) is 3.96. The predicted octanol–water partition coefficient (Wildman–Crippen LogP) is 2.85. The summed E-state index contributed by atoms with van der Waals surface area (Å²) >= 11 is 0. The van der Waals surface area contributed by atoms with E-state index in [1.807, 2.05) is 41.2 Å². The van der Waals surface area contributed by atoms with Crippen molar-refractivity contribution in [3.8, 4) is 0 Å². The quantitative estimate of drug-likeness (QED) is 0.727. The average Bonchev–Trinajstić information content (AvgIpc) is 2.89. The molecule has 0 unspecified atom stereocenters. The van der Waals surface area contributed by atoms with Gasteiger partial charge in [0.2, 0.25) is 0 Å². The van der Waals surface area contributed by atoms with Crippen LogP contribution in [-0.2, 0) is 7.05 Å². The number of nitrogens with zero attached hydrogens (tertiary/aromatic N) is 5. The maximum absolute atomic E-state index is 13.2. The first-order valence-electron chi connectivity index (χ1n) is 8.61. The fraction of sp³-hybridized carbons (Fsp3) is 0.500. The van der Waals surface area contributed by atoms with Gasteiger partial charge in [0.05, 0.1) is 17.4 Å². The second kappa shape index (κ2) is 5.61. The van der Waals surface area contributed by atoms with Gasteiger partial charge in [-0.3, -0.25) is 9.36 Å². The minimum atomic E-state index is 0.0529. The number of hydrogen-bond donors (Lipinski definition) is 0. The topological polar surface area (TPSA) is 56.0 Å². The molecule has 126 valence electrons. The van der Waals surface area contributed by atoms with E-state index in [0.29, 0.717) is 5.52 Å². The highest BCUT2D eigenvalue weighted by atomic mass is 16.1. The predicted molar refractivity (Wildman–Crippen MR) is 96.7 cm³/mol. The van der Waals surface area contributed by atoms with Gasteiger partial charge in [-0.25, -0.2) is 9.97 Å². The Morgan fingerprint density at radius 1 is 1.17 bits per heavy atom. The highest BCUT2D eigenvalue weighted by Crippen LogP contribution is 2.32. The Balaban J connectivity index is 2.03. The third-order valence-corrected chi connectivity index (χ3v) is 5.22. The van der Waals surface area contributed by atoms with Crippen LogP contribution < -0.4 is 10.5 Å². The second-order valence-electron chi connectivity index (χ2n) is 6.93. The van der Waals surface area contributed by atoms with Crippen molar-refractivity contribution in [2.24, 2.45) is 7.05 Å². The molecule has 0 bridgehead atoms. The molecule has 0 saturated heterocycles. The van der Waals surface area contributed by atoms with Gasteiger partial charge in [-0.15, -0.1) is 0 Å². The van der Waals surface area contributed by atoms with Crippen molar-refractivity contribution in [3.63, 3.8) is 0 Å². The first-order chi connectivity index (χ1) is 11.6. The standard InChI is InChI=1S/C18H23N5O/c1-21(2)13-9-10-19-17-14(13)15-16(22(17)3)18(24)23(11-20-15)12-7-5-4-6-8-12/h9-12H,4-8H2,1-3H3. The van der Waals surface area contributed by atoms with Crippen LogP contribution in [0.4, 0.5) is 5.69 Å². The van der Waals surface area contributed by atoms with Gasteiger partial charge in [0.25, 0.3) is 5.56 Å². The van der Waals surface area contributed by atoms with Gasteiger partial charge < -0.3 is 9.47 Å². The molecule has 24 heavy (non-hydrogen) atoms. The van der Waals surface area contributed by atoms with Gasteiger partial charge in [-0.1, -0.05) is 19.3 Å². The van der Waals surface area contributed by atoms with Crippen molar-refractivity contribution >= 4 is 27.8 Å². The molecular weight excluding hydrogens is 302 g/mol. The first-order valence-corrected chi connectivity index (χ1v) is 8.61. The van der Waals surface area contributed by atoms with E-state index in [-0.39, 0.29) is 11.6 Å². The minimum Gasteiger partial charge on any atom is -0.377 e. The number of fused-ring (bicyclic) bond motifs is 3. The van der Waals surface area contributed by atoms with E-state index in [4.69, 9.17) is 0 Å². The smallest absolute Gasteiger partial charge is 0.278 e. The van der Waals surface area contributed by atoms with Gasteiger partial charge in [-0.2, -0.15) is 0 Å². The van der Waals surface area contributed by atoms with Gasteiger partial charge in [0, 0.05) is 33.4 Å². The zero-order valence-electron chi connectivity index (χ0n) is 14.5. The van der Waals surface area contributed by atoms with E-state index in [1.165, 1.54) is 19.3 Å². The van der Waals surface area contributed by atoms with E-state index in [1.54, 1.807) is 12.5 Å². The lowest BCUT2D eigenvalue weighted by Crippen LogP contribution is -2.27. The van der Waals surface area contributed by atoms with E-state index < -0.39 is 0 Å². The molecule has 0 atom stereocenters. The SMILES string of the molecule is CN(C)c1ccnc2c1c1ncn(C3CCCCC3)c(=O)c1n2C. The summed E-state index contributed by atoms with van der Waals surface area (Å²) in [5.74, 6) is 0. The number of aromatic nitrogens is 4. The maximum Gasteiger partial charge on any atom is 0.278 e. The van der Waals surface area contributed by atoms with Crippen molar-refractivity contribution in [1.29, 1.82) is 0 Å². The van der Waals surface area contributed by atoms with Crippen LogP contribution in [0.1, 0.15) is 38.1 Å². The summed E-state index contributed by atoms with van der Waals surface area (Å²) < 4.78 is 3.74. The molecule has 3 aromatic rings. The zero-order chi connectivity index (χ0) is 16.8. The summed E-state index contributed by atoms with van der Waals surface area (Å²) in [6, 6.07) is 2.25. The van der Waals surface area contributed by atoms with Gasteiger partial charge in [0.15, 0.2) is 0 Å². The Bertz CT molecular complexity index is 963. The van der Waals surface area contributed by atoms with Crippen LogP contribution in [0.15, 0.2) is 23.4 Å². The van der Waals surface area contributed by atoms with Crippen molar-refractivity contribution in [2.45, 2.75) is 38.1 Å². The van der Waals surface area contributed by atoms with Gasteiger partial charge in [-0.05, 0) is 18.9 Å². The molecule has 0 spiro atoms. The Morgan fingerprint density at radius 2 is 1.92 bits per heavy atom. The first kappa shape index (κ1) is 15.2. The molecule has 6 heteroatoms. The Kier molecular flexibility index (Phi) is 3.55. The van der Waals surface area contributed by atoms with E-state index >= 15 is 0 Å². The third-order valence-electron chi connectivity index (χ3n) is 5.22. The summed E-state index contributed by atoms with van der Waals surface area (Å²) in [5, 5.41) is 0.952. The molecule has 1 aliphatic rings. The molecular formula is C18H23N5O. The number of anilines is 1. The minimum absolute atomic E-state index is 0.0529. The molecule has 1 saturated carbocycles. The van der Waals surface area contributed by atoms with Crippen molar-refractivity contribution in [3.05, 3.63) is 28.9 Å². The van der Waals surface area contributed by atoms with Crippen LogP contribution in [-0.4, -0.2) is 33.2 Å². The zero-order valence-corrected chi connectivity index (χ0v) is 14.5. The van der Waals surface area contributed by atoms with Crippen molar-refractivity contribution < 1.29 is 0 Å². The number of rotatable bonds is 2. The summed E-state index contributed by atoms with van der Waals surface area (Å²) in [6.45, 7) is 0. The van der Waals surface area contributed by atoms with E-state index in [9.17, 15) is 4.79 Å². The average molecular weight is 325 g/mol. The van der Waals surface area contributed by atoms with Crippen LogP contribution in [0, 0.1) is 0 Å². The van der Waals surface area contributed by atoms with Crippen molar-refractivity contribution in [2.75, 3.05) is 19.0 Å². The third kappa shape index (κ3) is 2.12. The maximum atomic E-state index is 13.2. The lowest BCUT2D eigenvalue weighted by atomic mass is 9.95. The highest BCUT2D eigenvalue weighted by molar-refractivity contribution is 6.10. The summed E-state index contributed by atoms with van der Waals surface area (Å²) in [7, 11) is 5.90. The largest absolute Gasteiger partial charge is 0.377 e. The van der Waals surface area contributed by atoms with Crippen LogP contribution in [0.2, 0.25) is 0 Å². The molecule has 3 aromatic heterocycles. The van der Waals surface area contributed by atoms with Gasteiger partial charge in [0.1, 0.15) is 16.7 Å². The molecule has 6 nitrogen and oxygen atoms in total. The lowest BCUT2D eigenvalue weighted by molar-refractivity contribution is 0.344. The molecule has 1 aliphatic carbocycles.